The van der Waals surface area contributed by atoms with Crippen molar-refractivity contribution in [2.75, 3.05) is 33.7 Å². The number of halogens is 3. The Kier molecular flexibility index (Phi) is 9.60. The number of amides is 2. The van der Waals surface area contributed by atoms with Crippen LogP contribution in [0.15, 0.2) is 29.3 Å². The lowest BCUT2D eigenvalue weighted by molar-refractivity contribution is -0.137. The van der Waals surface area contributed by atoms with Gasteiger partial charge in [-0.05, 0) is 38.5 Å². The van der Waals surface area contributed by atoms with Crippen LogP contribution in [0.2, 0.25) is 0 Å². The van der Waals surface area contributed by atoms with Gasteiger partial charge < -0.3 is 25.6 Å². The van der Waals surface area contributed by atoms with Crippen molar-refractivity contribution >= 4 is 18.0 Å². The van der Waals surface area contributed by atoms with E-state index in [0.29, 0.717) is 5.56 Å². The van der Waals surface area contributed by atoms with Gasteiger partial charge in [-0.15, -0.1) is 0 Å². The minimum atomic E-state index is -4.44. The Morgan fingerprint density at radius 1 is 1.06 bits per heavy atom. The topological polar surface area (TPSA) is 95.1 Å². The first-order chi connectivity index (χ1) is 14.3. The summed E-state index contributed by atoms with van der Waals surface area (Å²) < 4.78 is 43.8. The molecule has 0 unspecified atom stereocenters. The number of nitrogens with zero attached hydrogens (tertiary/aromatic N) is 2. The average Bonchev–Trinajstić information content (AvgIpc) is 2.64. The SMILES string of the molecule is CN(C)C(=O)CNC(=NCc1cccc(C(F)(F)F)c1)NCCNC(=O)OC(C)(C)C. The van der Waals surface area contributed by atoms with Crippen LogP contribution in [0.4, 0.5) is 18.0 Å². The zero-order valence-electron chi connectivity index (χ0n) is 18.4. The van der Waals surface area contributed by atoms with Crippen molar-refractivity contribution in [3.8, 4) is 0 Å². The predicted octanol–water partition coefficient (Wildman–Crippen LogP) is 2.35. The van der Waals surface area contributed by atoms with Crippen molar-refractivity contribution in [1.29, 1.82) is 0 Å². The van der Waals surface area contributed by atoms with Gasteiger partial charge in [-0.2, -0.15) is 13.2 Å². The summed E-state index contributed by atoms with van der Waals surface area (Å²) in [4.78, 5) is 29.1. The van der Waals surface area contributed by atoms with Gasteiger partial charge in [0, 0.05) is 27.2 Å². The van der Waals surface area contributed by atoms with Gasteiger partial charge in [0.25, 0.3) is 0 Å². The predicted molar refractivity (Wildman–Crippen MR) is 112 cm³/mol. The van der Waals surface area contributed by atoms with Gasteiger partial charge in [-0.1, -0.05) is 12.1 Å². The first kappa shape index (κ1) is 26.1. The van der Waals surface area contributed by atoms with Crippen LogP contribution < -0.4 is 16.0 Å². The standard InChI is InChI=1S/C20H30F3N5O3/c1-19(2,3)31-18(30)25-10-9-24-17(27-13-16(29)28(4)5)26-12-14-7-6-8-15(11-14)20(21,22)23/h6-8,11H,9-10,12-13H2,1-5H3,(H,25,30)(H2,24,26,27). The summed E-state index contributed by atoms with van der Waals surface area (Å²) in [7, 11) is 3.20. The van der Waals surface area contributed by atoms with E-state index in [1.54, 1.807) is 34.9 Å². The molecule has 3 N–H and O–H groups in total. The molecule has 0 aliphatic heterocycles. The molecular formula is C20H30F3N5O3. The van der Waals surface area contributed by atoms with E-state index in [-0.39, 0.29) is 38.0 Å². The van der Waals surface area contributed by atoms with Crippen molar-refractivity contribution in [3.05, 3.63) is 35.4 Å². The minimum absolute atomic E-state index is 0.0328. The summed E-state index contributed by atoms with van der Waals surface area (Å²) >= 11 is 0. The fourth-order valence-electron chi connectivity index (χ4n) is 2.17. The minimum Gasteiger partial charge on any atom is -0.444 e. The van der Waals surface area contributed by atoms with Crippen molar-refractivity contribution in [1.82, 2.24) is 20.9 Å². The summed E-state index contributed by atoms with van der Waals surface area (Å²) in [5, 5.41) is 8.32. The molecule has 1 aromatic rings. The van der Waals surface area contributed by atoms with Crippen LogP contribution in [0.5, 0.6) is 0 Å². The summed E-state index contributed by atoms with van der Waals surface area (Å²) in [5.74, 6) is 0.0130. The molecule has 1 rings (SSSR count). The number of nitrogens with one attached hydrogen (secondary N) is 3. The molecule has 0 aliphatic carbocycles. The molecule has 174 valence electrons. The molecule has 0 saturated carbocycles. The zero-order valence-corrected chi connectivity index (χ0v) is 18.4. The smallest absolute Gasteiger partial charge is 0.416 e. The number of carbonyl (C=O) groups excluding carboxylic acids is 2. The highest BCUT2D eigenvalue weighted by Crippen LogP contribution is 2.29. The molecule has 0 heterocycles. The maximum absolute atomic E-state index is 12.9. The maximum atomic E-state index is 12.9. The van der Waals surface area contributed by atoms with Crippen molar-refractivity contribution in [2.24, 2.45) is 4.99 Å². The highest BCUT2D eigenvalue weighted by Gasteiger charge is 2.30. The third-order valence-electron chi connectivity index (χ3n) is 3.67. The monoisotopic (exact) mass is 445 g/mol. The molecule has 8 nitrogen and oxygen atoms in total. The molecule has 0 aromatic heterocycles. The molecule has 0 aliphatic rings. The third-order valence-corrected chi connectivity index (χ3v) is 3.67. The molecule has 31 heavy (non-hydrogen) atoms. The third kappa shape index (κ3) is 11.1. The summed E-state index contributed by atoms with van der Waals surface area (Å²) in [6.07, 6.45) is -5.02. The summed E-state index contributed by atoms with van der Waals surface area (Å²) in [6.45, 7) is 5.61. The number of guanidine groups is 1. The second-order valence-corrected chi connectivity index (χ2v) is 7.86. The number of alkyl carbamates (subject to hydrolysis) is 1. The lowest BCUT2D eigenvalue weighted by Crippen LogP contribution is -2.45. The molecule has 0 saturated heterocycles. The number of ether oxygens (including phenoxy) is 1. The fourth-order valence-corrected chi connectivity index (χ4v) is 2.17. The largest absolute Gasteiger partial charge is 0.444 e. The maximum Gasteiger partial charge on any atom is 0.416 e. The second-order valence-electron chi connectivity index (χ2n) is 7.86. The van der Waals surface area contributed by atoms with Gasteiger partial charge in [-0.3, -0.25) is 4.79 Å². The summed E-state index contributed by atoms with van der Waals surface area (Å²) in [5.41, 5.74) is -1.02. The van der Waals surface area contributed by atoms with E-state index in [1.165, 1.54) is 17.0 Å². The molecule has 0 atom stereocenters. The Hall–Kier alpha value is -2.98. The average molecular weight is 445 g/mol. The summed E-state index contributed by atoms with van der Waals surface area (Å²) in [6, 6.07) is 4.86. The van der Waals surface area contributed by atoms with Crippen LogP contribution in [-0.2, 0) is 22.3 Å². The number of hydrogen-bond donors (Lipinski definition) is 3. The highest BCUT2D eigenvalue weighted by atomic mass is 19.4. The number of aliphatic imine (C=N–C) groups is 1. The van der Waals surface area contributed by atoms with Crippen LogP contribution in [0, 0.1) is 0 Å². The zero-order chi connectivity index (χ0) is 23.7. The van der Waals surface area contributed by atoms with E-state index in [9.17, 15) is 22.8 Å². The van der Waals surface area contributed by atoms with Crippen LogP contribution in [0.1, 0.15) is 31.9 Å². The Bertz CT molecular complexity index is 774. The van der Waals surface area contributed by atoms with Gasteiger partial charge in [0.2, 0.25) is 5.91 Å². The number of benzene rings is 1. The molecule has 0 radical (unpaired) electrons. The molecule has 11 heteroatoms. The lowest BCUT2D eigenvalue weighted by Gasteiger charge is -2.20. The van der Waals surface area contributed by atoms with E-state index in [0.717, 1.165) is 12.1 Å². The van der Waals surface area contributed by atoms with Crippen molar-refractivity contribution < 1.29 is 27.5 Å². The van der Waals surface area contributed by atoms with Crippen LogP contribution in [-0.4, -0.2) is 62.2 Å². The van der Waals surface area contributed by atoms with Gasteiger partial charge in [0.05, 0.1) is 18.7 Å². The second kappa shape index (κ2) is 11.4. The number of likely N-dealkylation sites (N-methyl/N-ethyl adjacent to an activating group) is 1. The Morgan fingerprint density at radius 2 is 1.71 bits per heavy atom. The number of alkyl halides is 3. The quantitative estimate of drug-likeness (QED) is 0.340. The number of rotatable bonds is 7. The van der Waals surface area contributed by atoms with E-state index < -0.39 is 23.4 Å². The van der Waals surface area contributed by atoms with Crippen molar-refractivity contribution in [3.63, 3.8) is 0 Å². The van der Waals surface area contributed by atoms with Crippen molar-refractivity contribution in [2.45, 2.75) is 39.1 Å². The molecule has 0 fully saturated rings. The Balaban J connectivity index is 2.73. The van der Waals surface area contributed by atoms with Gasteiger partial charge in [0.15, 0.2) is 5.96 Å². The first-order valence-corrected chi connectivity index (χ1v) is 9.63. The normalized spacial score (nSPS) is 12.2. The Labute approximate surface area is 180 Å². The molecule has 1 aromatic carbocycles. The number of hydrogen-bond acceptors (Lipinski definition) is 4. The van der Waals surface area contributed by atoms with Crippen LogP contribution in [0.25, 0.3) is 0 Å². The van der Waals surface area contributed by atoms with E-state index in [1.807, 2.05) is 0 Å². The lowest BCUT2D eigenvalue weighted by atomic mass is 10.1. The highest BCUT2D eigenvalue weighted by molar-refractivity contribution is 5.86. The molecular weight excluding hydrogens is 415 g/mol. The van der Waals surface area contributed by atoms with E-state index in [2.05, 4.69) is 20.9 Å². The first-order valence-electron chi connectivity index (χ1n) is 9.63. The van der Waals surface area contributed by atoms with Gasteiger partial charge >= 0.3 is 12.3 Å². The van der Waals surface area contributed by atoms with Crippen LogP contribution >= 0.6 is 0 Å². The van der Waals surface area contributed by atoms with Gasteiger partial charge in [0.1, 0.15) is 5.60 Å². The van der Waals surface area contributed by atoms with Crippen LogP contribution in [0.3, 0.4) is 0 Å². The van der Waals surface area contributed by atoms with E-state index in [4.69, 9.17) is 4.74 Å². The molecule has 0 bridgehead atoms. The Morgan fingerprint density at radius 3 is 2.29 bits per heavy atom. The fraction of sp³-hybridized carbons (Fsp3) is 0.550. The molecule has 2 amide bonds. The molecule has 0 spiro atoms. The number of carbonyl (C=O) groups is 2. The van der Waals surface area contributed by atoms with Gasteiger partial charge in [-0.25, -0.2) is 9.79 Å². The van der Waals surface area contributed by atoms with E-state index >= 15 is 0 Å².